The maximum atomic E-state index is 12.3. The predicted octanol–water partition coefficient (Wildman–Crippen LogP) is 3.02. The highest BCUT2D eigenvalue weighted by Crippen LogP contribution is 2.22. The van der Waals surface area contributed by atoms with Crippen molar-refractivity contribution in [3.63, 3.8) is 0 Å². The monoisotopic (exact) mass is 446 g/mol. The Morgan fingerprint density at radius 3 is 2.63 bits per heavy atom. The lowest BCUT2D eigenvalue weighted by Gasteiger charge is -2.12. The smallest absolute Gasteiger partial charge is 0.240 e. The Morgan fingerprint density at radius 1 is 1.07 bits per heavy atom. The Hall–Kier alpha value is -3.01. The Morgan fingerprint density at radius 2 is 1.87 bits per heavy atom. The van der Waals surface area contributed by atoms with Gasteiger partial charge in [0.1, 0.15) is 6.61 Å². The van der Waals surface area contributed by atoms with Gasteiger partial charge >= 0.3 is 0 Å². The summed E-state index contributed by atoms with van der Waals surface area (Å²) in [6, 6.07) is 12.9. The second-order valence-electron chi connectivity index (χ2n) is 6.15. The summed E-state index contributed by atoms with van der Waals surface area (Å²) < 4.78 is 32.6. The van der Waals surface area contributed by atoms with E-state index in [9.17, 15) is 13.2 Å². The Bertz CT molecular complexity index is 1110. The Labute approximate surface area is 179 Å². The Balaban J connectivity index is 1.54. The van der Waals surface area contributed by atoms with Crippen LogP contribution in [0.5, 0.6) is 5.75 Å². The highest BCUT2D eigenvalue weighted by atomic mass is 35.5. The maximum absolute atomic E-state index is 12.3. The molecule has 2 heterocycles. The molecule has 0 bridgehead atoms. The van der Waals surface area contributed by atoms with Crippen LogP contribution in [0.1, 0.15) is 12.0 Å². The van der Waals surface area contributed by atoms with Gasteiger partial charge in [-0.3, -0.25) is 9.78 Å². The quantitative estimate of drug-likeness (QED) is 0.522. The van der Waals surface area contributed by atoms with Gasteiger partial charge in [-0.2, -0.15) is 0 Å². The molecule has 0 atom stereocenters. The average Bonchev–Trinajstić information content (AvgIpc) is 2.74. The molecule has 0 fully saturated rings. The highest BCUT2D eigenvalue weighted by Gasteiger charge is 2.15. The first-order valence-corrected chi connectivity index (χ1v) is 10.8. The van der Waals surface area contributed by atoms with Gasteiger partial charge in [0.05, 0.1) is 4.90 Å². The fraction of sp³-hybridized carbons (Fsp3) is 0.150. The van der Waals surface area contributed by atoms with Crippen molar-refractivity contribution in [2.45, 2.75) is 17.9 Å². The van der Waals surface area contributed by atoms with E-state index in [0.717, 1.165) is 5.56 Å². The van der Waals surface area contributed by atoms with Crippen molar-refractivity contribution in [3.05, 3.63) is 77.7 Å². The molecule has 8 nitrogen and oxygen atoms in total. The summed E-state index contributed by atoms with van der Waals surface area (Å²) in [5, 5.41) is 2.95. The minimum Gasteiger partial charge on any atom is -0.485 e. The highest BCUT2D eigenvalue weighted by molar-refractivity contribution is 7.89. The van der Waals surface area contributed by atoms with Crippen molar-refractivity contribution in [1.29, 1.82) is 0 Å². The number of benzene rings is 1. The van der Waals surface area contributed by atoms with Gasteiger partial charge in [-0.15, -0.1) is 0 Å². The number of halogens is 1. The average molecular weight is 447 g/mol. The van der Waals surface area contributed by atoms with E-state index in [-0.39, 0.29) is 30.3 Å². The summed E-state index contributed by atoms with van der Waals surface area (Å²) in [4.78, 5) is 20.3. The summed E-state index contributed by atoms with van der Waals surface area (Å²) in [5.74, 6) is 0.257. The molecular formula is C20H19ClN4O4S. The maximum Gasteiger partial charge on any atom is 0.240 e. The normalized spacial score (nSPS) is 11.1. The molecule has 2 N–H and O–H groups in total. The van der Waals surface area contributed by atoms with Crippen LogP contribution in [0, 0.1) is 0 Å². The van der Waals surface area contributed by atoms with Crippen molar-refractivity contribution < 1.29 is 17.9 Å². The molecule has 1 amide bonds. The lowest BCUT2D eigenvalue weighted by molar-refractivity contribution is -0.116. The van der Waals surface area contributed by atoms with E-state index in [1.54, 1.807) is 30.6 Å². The molecule has 0 radical (unpaired) electrons. The van der Waals surface area contributed by atoms with Crippen LogP contribution >= 0.6 is 11.6 Å². The third kappa shape index (κ3) is 6.24. The van der Waals surface area contributed by atoms with Gasteiger partial charge in [0.25, 0.3) is 0 Å². The van der Waals surface area contributed by atoms with Crippen LogP contribution in [0.3, 0.4) is 0 Å². The minimum atomic E-state index is -3.76. The van der Waals surface area contributed by atoms with Gasteiger partial charge in [0, 0.05) is 36.6 Å². The number of anilines is 1. The van der Waals surface area contributed by atoms with Crippen molar-refractivity contribution in [3.8, 4) is 5.75 Å². The van der Waals surface area contributed by atoms with Gasteiger partial charge in [-0.25, -0.2) is 18.1 Å². The molecule has 0 aliphatic heterocycles. The SMILES string of the molecule is O=C(CCNS(=O)(=O)c1cccc(Cl)c1)Nc1ncccc1OCc1ccncc1. The number of sulfonamides is 1. The number of carbonyl (C=O) groups is 1. The molecule has 10 heteroatoms. The topological polar surface area (TPSA) is 110 Å². The standard InChI is InChI=1S/C20H19ClN4O4S/c21-16-3-1-4-17(13-16)30(27,28)24-12-8-19(26)25-20-18(5-2-9-23-20)29-14-15-6-10-22-11-7-15/h1-7,9-11,13,24H,8,12,14H2,(H,23,25,26). The fourth-order valence-electron chi connectivity index (χ4n) is 2.45. The number of nitrogens with one attached hydrogen (secondary N) is 2. The second kappa shape index (κ2) is 10.1. The van der Waals surface area contributed by atoms with Gasteiger partial charge in [-0.05, 0) is 48.0 Å². The molecule has 1 aromatic carbocycles. The number of pyridine rings is 2. The first-order chi connectivity index (χ1) is 14.4. The van der Waals surface area contributed by atoms with E-state index in [1.807, 2.05) is 12.1 Å². The molecule has 30 heavy (non-hydrogen) atoms. The summed E-state index contributed by atoms with van der Waals surface area (Å²) in [7, 11) is -3.76. The van der Waals surface area contributed by atoms with Gasteiger partial charge in [0.2, 0.25) is 15.9 Å². The lowest BCUT2D eigenvalue weighted by Crippen LogP contribution is -2.28. The molecule has 0 aliphatic carbocycles. The van der Waals surface area contributed by atoms with Crippen LogP contribution in [0.25, 0.3) is 0 Å². The summed E-state index contributed by atoms with van der Waals surface area (Å²) in [6.45, 7) is 0.206. The molecular weight excluding hydrogens is 428 g/mol. The summed E-state index contributed by atoms with van der Waals surface area (Å²) >= 11 is 5.83. The van der Waals surface area contributed by atoms with Crippen LogP contribution in [0.4, 0.5) is 5.82 Å². The number of hydrogen-bond acceptors (Lipinski definition) is 6. The van der Waals surface area contributed by atoms with E-state index in [0.29, 0.717) is 10.8 Å². The molecule has 3 aromatic rings. The lowest BCUT2D eigenvalue weighted by atomic mass is 10.3. The van der Waals surface area contributed by atoms with Crippen molar-refractivity contribution in [2.24, 2.45) is 0 Å². The zero-order chi connectivity index (χ0) is 21.4. The number of hydrogen-bond donors (Lipinski definition) is 2. The van der Waals surface area contributed by atoms with Crippen LogP contribution in [-0.4, -0.2) is 30.8 Å². The largest absolute Gasteiger partial charge is 0.485 e. The number of rotatable bonds is 9. The molecule has 0 saturated heterocycles. The van der Waals surface area contributed by atoms with Crippen molar-refractivity contribution in [2.75, 3.05) is 11.9 Å². The first-order valence-electron chi connectivity index (χ1n) is 8.96. The van der Waals surface area contributed by atoms with Gasteiger partial charge < -0.3 is 10.1 Å². The minimum absolute atomic E-state index is 0.0342. The molecule has 0 unspecified atom stereocenters. The fourth-order valence-corrected chi connectivity index (χ4v) is 3.78. The summed E-state index contributed by atoms with van der Waals surface area (Å²) in [5.41, 5.74) is 0.918. The van der Waals surface area contributed by atoms with E-state index >= 15 is 0 Å². The number of amides is 1. The number of carbonyl (C=O) groups excluding carboxylic acids is 1. The van der Waals surface area contributed by atoms with Gasteiger partial charge in [-0.1, -0.05) is 17.7 Å². The zero-order valence-electron chi connectivity index (χ0n) is 15.8. The van der Waals surface area contributed by atoms with E-state index in [4.69, 9.17) is 16.3 Å². The number of aromatic nitrogens is 2. The zero-order valence-corrected chi connectivity index (χ0v) is 17.4. The molecule has 0 spiro atoms. The first kappa shape index (κ1) is 21.7. The number of nitrogens with zero attached hydrogens (tertiary/aromatic N) is 2. The summed E-state index contributed by atoms with van der Waals surface area (Å²) in [6.07, 6.45) is 4.76. The molecule has 2 aromatic heterocycles. The van der Waals surface area contributed by atoms with Crippen LogP contribution in [0.2, 0.25) is 5.02 Å². The molecule has 0 aliphatic rings. The van der Waals surface area contributed by atoms with E-state index in [2.05, 4.69) is 20.0 Å². The van der Waals surface area contributed by atoms with Crippen molar-refractivity contribution in [1.82, 2.24) is 14.7 Å². The van der Waals surface area contributed by atoms with Gasteiger partial charge in [0.15, 0.2) is 11.6 Å². The van der Waals surface area contributed by atoms with E-state index in [1.165, 1.54) is 24.4 Å². The number of ether oxygens (including phenoxy) is 1. The van der Waals surface area contributed by atoms with Crippen molar-refractivity contribution >= 4 is 33.3 Å². The van der Waals surface area contributed by atoms with Crippen LogP contribution in [-0.2, 0) is 21.4 Å². The van der Waals surface area contributed by atoms with Crippen LogP contribution < -0.4 is 14.8 Å². The third-order valence-electron chi connectivity index (χ3n) is 3.92. The van der Waals surface area contributed by atoms with E-state index < -0.39 is 15.9 Å². The predicted molar refractivity (Wildman–Crippen MR) is 113 cm³/mol. The second-order valence-corrected chi connectivity index (χ2v) is 8.35. The molecule has 156 valence electrons. The Kier molecular flexibility index (Phi) is 7.34. The molecule has 0 saturated carbocycles. The van der Waals surface area contributed by atoms with Crippen LogP contribution in [0.15, 0.2) is 72.0 Å². The third-order valence-corrected chi connectivity index (χ3v) is 5.62. The molecule has 3 rings (SSSR count).